The lowest BCUT2D eigenvalue weighted by molar-refractivity contribution is -0.141. The Balaban J connectivity index is 1.91. The topological polar surface area (TPSA) is 96.0 Å². The molecule has 0 unspecified atom stereocenters. The Labute approximate surface area is 252 Å². The fourth-order valence-corrected chi connectivity index (χ4v) is 5.56. The van der Waals surface area contributed by atoms with Gasteiger partial charge in [0.25, 0.3) is 0 Å². The van der Waals surface area contributed by atoms with Crippen molar-refractivity contribution in [3.05, 3.63) is 95.6 Å². The molecule has 43 heavy (non-hydrogen) atoms. The number of sulfonamides is 1. The Morgan fingerprint density at radius 3 is 2.28 bits per heavy atom. The molecule has 0 aliphatic rings. The van der Waals surface area contributed by atoms with Gasteiger partial charge in [0.2, 0.25) is 21.8 Å². The SMILES string of the molecule is CC[C@@H](C)NC(=O)[C@H](Cc1ccccc1)N(Cc1cccc(OC)c1)C(=O)CCCN(c1ccc(F)c(F)c1)S(C)(=O)=O. The number of hydrogen-bond acceptors (Lipinski definition) is 5. The number of nitrogens with zero attached hydrogens (tertiary/aromatic N) is 2. The molecule has 3 rings (SSSR count). The van der Waals surface area contributed by atoms with E-state index in [1.165, 1.54) is 11.0 Å². The van der Waals surface area contributed by atoms with Crippen LogP contribution in [-0.2, 0) is 32.6 Å². The van der Waals surface area contributed by atoms with Gasteiger partial charge in [-0.25, -0.2) is 17.2 Å². The lowest BCUT2D eigenvalue weighted by Gasteiger charge is -2.33. The number of methoxy groups -OCH3 is 1. The van der Waals surface area contributed by atoms with Gasteiger partial charge < -0.3 is 15.0 Å². The molecule has 8 nitrogen and oxygen atoms in total. The second kappa shape index (κ2) is 15.5. The first-order chi connectivity index (χ1) is 20.4. The average Bonchev–Trinajstić information content (AvgIpc) is 2.98. The van der Waals surface area contributed by atoms with Crippen molar-refractivity contribution in [2.45, 2.75) is 58.2 Å². The van der Waals surface area contributed by atoms with E-state index >= 15 is 0 Å². The van der Waals surface area contributed by atoms with E-state index in [1.807, 2.05) is 50.2 Å². The van der Waals surface area contributed by atoms with Gasteiger partial charge in [0.1, 0.15) is 11.8 Å². The predicted octanol–water partition coefficient (Wildman–Crippen LogP) is 5.07. The maximum Gasteiger partial charge on any atom is 0.243 e. The van der Waals surface area contributed by atoms with E-state index in [0.717, 1.165) is 33.8 Å². The second-order valence-corrected chi connectivity index (χ2v) is 12.3. The molecule has 0 bridgehead atoms. The summed E-state index contributed by atoms with van der Waals surface area (Å²) in [4.78, 5) is 29.1. The zero-order valence-electron chi connectivity index (χ0n) is 24.9. The standard InChI is InChI=1S/C32H39F2N3O5S/c1-5-23(2)35-32(39)30(20-24-11-7-6-8-12-24)36(22-25-13-9-14-27(19-25)42-3)31(38)15-10-18-37(43(4,40)41)26-16-17-28(33)29(34)21-26/h6-9,11-14,16-17,19,21,23,30H,5,10,15,18,20,22H2,1-4H3,(H,35,39)/t23-,30+/m1/s1. The summed E-state index contributed by atoms with van der Waals surface area (Å²) in [6, 6.07) is 18.5. The van der Waals surface area contributed by atoms with Crippen LogP contribution in [0.4, 0.5) is 14.5 Å². The highest BCUT2D eigenvalue weighted by molar-refractivity contribution is 7.92. The number of benzene rings is 3. The minimum atomic E-state index is -3.87. The highest BCUT2D eigenvalue weighted by Gasteiger charge is 2.31. The van der Waals surface area contributed by atoms with Crippen molar-refractivity contribution in [3.8, 4) is 5.75 Å². The largest absolute Gasteiger partial charge is 0.497 e. The normalized spacial score (nSPS) is 12.7. The van der Waals surface area contributed by atoms with Crippen LogP contribution in [0.3, 0.4) is 0 Å². The minimum Gasteiger partial charge on any atom is -0.497 e. The molecule has 0 fully saturated rings. The third-order valence-electron chi connectivity index (χ3n) is 7.10. The van der Waals surface area contributed by atoms with Crippen molar-refractivity contribution in [1.29, 1.82) is 0 Å². The summed E-state index contributed by atoms with van der Waals surface area (Å²) >= 11 is 0. The highest BCUT2D eigenvalue weighted by Crippen LogP contribution is 2.23. The van der Waals surface area contributed by atoms with Crippen LogP contribution in [0, 0.1) is 11.6 Å². The number of carbonyl (C=O) groups is 2. The van der Waals surface area contributed by atoms with Crippen molar-refractivity contribution in [1.82, 2.24) is 10.2 Å². The number of nitrogens with one attached hydrogen (secondary N) is 1. The van der Waals surface area contributed by atoms with E-state index in [4.69, 9.17) is 4.74 Å². The van der Waals surface area contributed by atoms with Crippen LogP contribution < -0.4 is 14.4 Å². The predicted molar refractivity (Wildman–Crippen MR) is 163 cm³/mol. The lowest BCUT2D eigenvalue weighted by Crippen LogP contribution is -2.52. The van der Waals surface area contributed by atoms with Gasteiger partial charge in [0.05, 0.1) is 19.1 Å². The number of hydrogen-bond donors (Lipinski definition) is 1. The van der Waals surface area contributed by atoms with Crippen molar-refractivity contribution < 1.29 is 31.5 Å². The minimum absolute atomic E-state index is 0.0445. The van der Waals surface area contributed by atoms with Gasteiger partial charge in [-0.05, 0) is 55.2 Å². The van der Waals surface area contributed by atoms with E-state index in [9.17, 15) is 26.8 Å². The van der Waals surface area contributed by atoms with Gasteiger partial charge in [-0.3, -0.25) is 13.9 Å². The Morgan fingerprint density at radius 1 is 0.953 bits per heavy atom. The van der Waals surface area contributed by atoms with Crippen LogP contribution in [0.15, 0.2) is 72.8 Å². The molecular formula is C32H39F2N3O5S. The van der Waals surface area contributed by atoms with Crippen molar-refractivity contribution >= 4 is 27.5 Å². The molecule has 0 aliphatic carbocycles. The zero-order chi connectivity index (χ0) is 31.6. The van der Waals surface area contributed by atoms with Crippen LogP contribution in [-0.4, -0.2) is 57.1 Å². The quantitative estimate of drug-likeness (QED) is 0.258. The summed E-state index contributed by atoms with van der Waals surface area (Å²) in [7, 11) is -2.33. The van der Waals surface area contributed by atoms with Crippen LogP contribution >= 0.6 is 0 Å². The van der Waals surface area contributed by atoms with Crippen molar-refractivity contribution in [2.24, 2.45) is 0 Å². The smallest absolute Gasteiger partial charge is 0.243 e. The number of carbonyl (C=O) groups excluding carboxylic acids is 2. The molecule has 3 aromatic rings. The Bertz CT molecular complexity index is 1490. The molecule has 3 aromatic carbocycles. The molecule has 2 amide bonds. The molecule has 0 saturated heterocycles. The summed E-state index contributed by atoms with van der Waals surface area (Å²) in [5.74, 6) is -2.33. The zero-order valence-corrected chi connectivity index (χ0v) is 25.7. The van der Waals surface area contributed by atoms with Gasteiger partial charge in [-0.15, -0.1) is 0 Å². The van der Waals surface area contributed by atoms with Crippen LogP contribution in [0.2, 0.25) is 0 Å². The number of anilines is 1. The van der Waals surface area contributed by atoms with Crippen molar-refractivity contribution in [2.75, 3.05) is 24.2 Å². The summed E-state index contributed by atoms with van der Waals surface area (Å²) in [5, 5.41) is 3.01. The maximum absolute atomic E-state index is 13.9. The highest BCUT2D eigenvalue weighted by atomic mass is 32.2. The van der Waals surface area contributed by atoms with Gasteiger partial charge in [-0.1, -0.05) is 49.4 Å². The Hall–Kier alpha value is -3.99. The van der Waals surface area contributed by atoms with Gasteiger partial charge in [0.15, 0.2) is 11.6 Å². The second-order valence-electron chi connectivity index (χ2n) is 10.4. The molecule has 1 N–H and O–H groups in total. The molecule has 0 aromatic heterocycles. The van der Waals surface area contributed by atoms with Gasteiger partial charge in [0, 0.05) is 38.0 Å². The molecule has 232 valence electrons. The van der Waals surface area contributed by atoms with E-state index in [-0.39, 0.29) is 55.9 Å². The molecule has 0 spiro atoms. The number of rotatable bonds is 15. The molecule has 0 aliphatic heterocycles. The average molecular weight is 616 g/mol. The Kier molecular flexibility index (Phi) is 12.1. The van der Waals surface area contributed by atoms with Crippen LogP contribution in [0.5, 0.6) is 5.75 Å². The summed E-state index contributed by atoms with van der Waals surface area (Å²) in [6.45, 7) is 3.81. The molecule has 0 heterocycles. The first-order valence-electron chi connectivity index (χ1n) is 14.1. The summed E-state index contributed by atoms with van der Waals surface area (Å²) in [5.41, 5.74) is 1.58. The maximum atomic E-state index is 13.9. The first-order valence-corrected chi connectivity index (χ1v) is 16.0. The molecule has 0 radical (unpaired) electrons. The fourth-order valence-electron chi connectivity index (χ4n) is 4.61. The molecule has 2 atom stereocenters. The van der Waals surface area contributed by atoms with E-state index in [0.29, 0.717) is 12.2 Å². The fraction of sp³-hybridized carbons (Fsp3) is 0.375. The lowest BCUT2D eigenvalue weighted by atomic mass is 10.0. The molecular weight excluding hydrogens is 576 g/mol. The van der Waals surface area contributed by atoms with E-state index in [2.05, 4.69) is 5.32 Å². The monoisotopic (exact) mass is 615 g/mol. The summed E-state index contributed by atoms with van der Waals surface area (Å²) < 4.78 is 58.7. The van der Waals surface area contributed by atoms with E-state index < -0.39 is 27.7 Å². The third kappa shape index (κ3) is 9.77. The molecule has 11 heteroatoms. The van der Waals surface area contributed by atoms with Crippen molar-refractivity contribution in [3.63, 3.8) is 0 Å². The first kappa shape index (κ1) is 33.5. The number of ether oxygens (including phenoxy) is 1. The number of halogens is 2. The van der Waals surface area contributed by atoms with Crippen LogP contribution in [0.1, 0.15) is 44.2 Å². The summed E-state index contributed by atoms with van der Waals surface area (Å²) in [6.07, 6.45) is 1.91. The van der Waals surface area contributed by atoms with Crippen LogP contribution in [0.25, 0.3) is 0 Å². The van der Waals surface area contributed by atoms with Gasteiger partial charge >= 0.3 is 0 Å². The Morgan fingerprint density at radius 2 is 1.65 bits per heavy atom. The third-order valence-corrected chi connectivity index (χ3v) is 8.30. The van der Waals surface area contributed by atoms with Gasteiger partial charge in [-0.2, -0.15) is 0 Å². The molecule has 0 saturated carbocycles. The number of amides is 2. The van der Waals surface area contributed by atoms with E-state index in [1.54, 1.807) is 25.3 Å².